The molecule has 0 atom stereocenters. The molecule has 122 valence electrons. The van der Waals surface area contributed by atoms with Crippen molar-refractivity contribution in [3.63, 3.8) is 0 Å². The van der Waals surface area contributed by atoms with Crippen molar-refractivity contribution < 1.29 is 4.74 Å². The monoisotopic (exact) mass is 305 g/mol. The summed E-state index contributed by atoms with van der Waals surface area (Å²) in [6.07, 6.45) is 10.8. The molecule has 0 radical (unpaired) electrons. The standard InChI is InChI=1S/C16H27N5O/c1-2-4-15(3-1)22-12-13-7-9-20(10-8-13)11-16-17-18-19-21(16)14-5-6-14/h13-15H,1-12H2. The fourth-order valence-corrected chi connectivity index (χ4v) is 3.76. The van der Waals surface area contributed by atoms with Crippen molar-refractivity contribution in [1.82, 2.24) is 25.1 Å². The van der Waals surface area contributed by atoms with Crippen LogP contribution in [0.4, 0.5) is 0 Å². The summed E-state index contributed by atoms with van der Waals surface area (Å²) in [6.45, 7) is 4.17. The van der Waals surface area contributed by atoms with Crippen LogP contribution in [0.3, 0.4) is 0 Å². The lowest BCUT2D eigenvalue weighted by atomic mass is 9.98. The molecule has 22 heavy (non-hydrogen) atoms. The molecule has 0 N–H and O–H groups in total. The average molecular weight is 305 g/mol. The van der Waals surface area contributed by atoms with Gasteiger partial charge in [0.2, 0.25) is 0 Å². The van der Waals surface area contributed by atoms with Gasteiger partial charge in [-0.3, -0.25) is 4.90 Å². The molecule has 6 nitrogen and oxygen atoms in total. The molecule has 0 unspecified atom stereocenters. The molecule has 0 aromatic carbocycles. The highest BCUT2D eigenvalue weighted by atomic mass is 16.5. The van der Waals surface area contributed by atoms with Crippen LogP contribution in [-0.4, -0.2) is 50.9 Å². The Bertz CT molecular complexity index is 473. The first-order valence-corrected chi connectivity index (χ1v) is 8.99. The van der Waals surface area contributed by atoms with Gasteiger partial charge in [-0.05, 0) is 68.0 Å². The molecule has 2 heterocycles. The van der Waals surface area contributed by atoms with E-state index in [1.54, 1.807) is 0 Å². The Morgan fingerprint density at radius 3 is 2.50 bits per heavy atom. The third kappa shape index (κ3) is 3.49. The van der Waals surface area contributed by atoms with Gasteiger partial charge in [0.05, 0.1) is 18.7 Å². The number of rotatable bonds is 6. The molecule has 1 aliphatic heterocycles. The molecule has 1 aromatic rings. The summed E-state index contributed by atoms with van der Waals surface area (Å²) in [4.78, 5) is 2.50. The van der Waals surface area contributed by atoms with Crippen molar-refractivity contribution in [3.05, 3.63) is 5.82 Å². The average Bonchev–Trinajstić information content (AvgIpc) is 3.07. The van der Waals surface area contributed by atoms with Gasteiger partial charge in [0.1, 0.15) is 0 Å². The maximum absolute atomic E-state index is 6.09. The Morgan fingerprint density at radius 2 is 1.77 bits per heavy atom. The minimum Gasteiger partial charge on any atom is -0.378 e. The predicted molar refractivity (Wildman–Crippen MR) is 82.3 cm³/mol. The predicted octanol–water partition coefficient (Wildman–Crippen LogP) is 2.18. The van der Waals surface area contributed by atoms with E-state index >= 15 is 0 Å². The third-order valence-electron chi connectivity index (χ3n) is 5.40. The van der Waals surface area contributed by atoms with Gasteiger partial charge in [0, 0.05) is 6.61 Å². The zero-order chi connectivity index (χ0) is 14.8. The van der Waals surface area contributed by atoms with Crippen LogP contribution >= 0.6 is 0 Å². The molecule has 2 aliphatic carbocycles. The van der Waals surface area contributed by atoms with Gasteiger partial charge in [-0.2, -0.15) is 0 Å². The van der Waals surface area contributed by atoms with E-state index in [0.29, 0.717) is 12.1 Å². The van der Waals surface area contributed by atoms with Crippen LogP contribution in [0.5, 0.6) is 0 Å². The fraction of sp³-hybridized carbons (Fsp3) is 0.938. The number of aromatic nitrogens is 4. The van der Waals surface area contributed by atoms with Crippen molar-refractivity contribution in [2.75, 3.05) is 19.7 Å². The molecule has 0 bridgehead atoms. The van der Waals surface area contributed by atoms with Crippen LogP contribution in [0.1, 0.15) is 63.2 Å². The molecule has 0 spiro atoms. The Balaban J connectivity index is 1.21. The molecule has 0 amide bonds. The molecular formula is C16H27N5O. The van der Waals surface area contributed by atoms with Crippen molar-refractivity contribution >= 4 is 0 Å². The lowest BCUT2D eigenvalue weighted by Crippen LogP contribution is -2.35. The lowest BCUT2D eigenvalue weighted by Gasteiger charge is -2.31. The van der Waals surface area contributed by atoms with E-state index in [0.717, 1.165) is 38.0 Å². The van der Waals surface area contributed by atoms with Gasteiger partial charge >= 0.3 is 0 Å². The first-order chi connectivity index (χ1) is 10.9. The Labute approximate surface area is 132 Å². The van der Waals surface area contributed by atoms with E-state index in [1.807, 2.05) is 4.68 Å². The van der Waals surface area contributed by atoms with E-state index in [1.165, 1.54) is 51.4 Å². The van der Waals surface area contributed by atoms with Gasteiger partial charge in [0.15, 0.2) is 5.82 Å². The van der Waals surface area contributed by atoms with E-state index in [2.05, 4.69) is 20.4 Å². The minimum atomic E-state index is 0.557. The highest BCUT2D eigenvalue weighted by Gasteiger charge is 2.29. The van der Waals surface area contributed by atoms with Crippen molar-refractivity contribution in [1.29, 1.82) is 0 Å². The minimum absolute atomic E-state index is 0.557. The Kier molecular flexibility index (Phi) is 4.39. The summed E-state index contributed by atoms with van der Waals surface area (Å²) < 4.78 is 8.12. The van der Waals surface area contributed by atoms with Gasteiger partial charge in [-0.15, -0.1) is 5.10 Å². The normalized spacial score (nSPS) is 25.1. The number of ether oxygens (including phenoxy) is 1. The molecular weight excluding hydrogens is 278 g/mol. The molecule has 1 aromatic heterocycles. The summed E-state index contributed by atoms with van der Waals surface area (Å²) in [5.74, 6) is 1.79. The van der Waals surface area contributed by atoms with Gasteiger partial charge in [-0.25, -0.2) is 4.68 Å². The highest BCUT2D eigenvalue weighted by Crippen LogP contribution is 2.34. The second-order valence-electron chi connectivity index (χ2n) is 7.23. The molecule has 3 aliphatic rings. The van der Waals surface area contributed by atoms with Crippen molar-refractivity contribution in [2.24, 2.45) is 5.92 Å². The number of likely N-dealkylation sites (tertiary alicyclic amines) is 1. The SMILES string of the molecule is C1CCC(OCC2CCN(Cc3nnnn3C3CC3)CC2)C1. The third-order valence-corrected chi connectivity index (χ3v) is 5.40. The van der Waals surface area contributed by atoms with Crippen molar-refractivity contribution in [3.8, 4) is 0 Å². The largest absolute Gasteiger partial charge is 0.378 e. The van der Waals surface area contributed by atoms with Crippen molar-refractivity contribution in [2.45, 2.75) is 70.1 Å². The molecule has 4 rings (SSSR count). The smallest absolute Gasteiger partial charge is 0.165 e. The van der Waals surface area contributed by atoms with E-state index in [9.17, 15) is 0 Å². The first-order valence-electron chi connectivity index (χ1n) is 8.99. The van der Waals surface area contributed by atoms with Crippen LogP contribution in [0.15, 0.2) is 0 Å². The van der Waals surface area contributed by atoms with E-state index in [-0.39, 0.29) is 0 Å². The zero-order valence-corrected chi connectivity index (χ0v) is 13.4. The van der Waals surface area contributed by atoms with E-state index < -0.39 is 0 Å². The first kappa shape index (κ1) is 14.6. The molecule has 1 saturated heterocycles. The van der Waals surface area contributed by atoms with Gasteiger partial charge in [-0.1, -0.05) is 12.8 Å². The van der Waals surface area contributed by atoms with Crippen LogP contribution < -0.4 is 0 Å². The number of tetrazole rings is 1. The van der Waals surface area contributed by atoms with Crippen LogP contribution in [0.2, 0.25) is 0 Å². The van der Waals surface area contributed by atoms with Crippen LogP contribution in [0, 0.1) is 5.92 Å². The number of hydrogen-bond donors (Lipinski definition) is 0. The van der Waals surface area contributed by atoms with Crippen LogP contribution in [-0.2, 0) is 11.3 Å². The van der Waals surface area contributed by atoms with Crippen LogP contribution in [0.25, 0.3) is 0 Å². The topological polar surface area (TPSA) is 56.1 Å². The molecule has 6 heteroatoms. The molecule has 3 fully saturated rings. The Hall–Kier alpha value is -1.01. The number of nitrogens with zero attached hydrogens (tertiary/aromatic N) is 5. The highest BCUT2D eigenvalue weighted by molar-refractivity contribution is 4.91. The number of piperidine rings is 1. The second kappa shape index (κ2) is 6.62. The Morgan fingerprint density at radius 1 is 1.00 bits per heavy atom. The summed E-state index contributed by atoms with van der Waals surface area (Å²) >= 11 is 0. The lowest BCUT2D eigenvalue weighted by molar-refractivity contribution is 0.0151. The summed E-state index contributed by atoms with van der Waals surface area (Å²) in [5, 5.41) is 12.2. The van der Waals surface area contributed by atoms with Gasteiger partial charge in [0.25, 0.3) is 0 Å². The summed E-state index contributed by atoms with van der Waals surface area (Å²) in [7, 11) is 0. The molecule has 2 saturated carbocycles. The maximum atomic E-state index is 6.09. The zero-order valence-electron chi connectivity index (χ0n) is 13.4. The number of hydrogen-bond acceptors (Lipinski definition) is 5. The van der Waals surface area contributed by atoms with E-state index in [4.69, 9.17) is 4.74 Å². The second-order valence-corrected chi connectivity index (χ2v) is 7.23. The summed E-state index contributed by atoms with van der Waals surface area (Å²) in [5.41, 5.74) is 0. The summed E-state index contributed by atoms with van der Waals surface area (Å²) in [6, 6.07) is 0.572. The quantitative estimate of drug-likeness (QED) is 0.806. The maximum Gasteiger partial charge on any atom is 0.165 e. The van der Waals surface area contributed by atoms with Gasteiger partial charge < -0.3 is 4.74 Å². The fourth-order valence-electron chi connectivity index (χ4n) is 3.76.